The third kappa shape index (κ3) is 4.68. The molecule has 1 aromatic rings. The van der Waals surface area contributed by atoms with Crippen molar-refractivity contribution in [1.82, 2.24) is 9.88 Å². The van der Waals surface area contributed by atoms with E-state index in [1.165, 1.54) is 6.42 Å². The number of nitrogens with zero attached hydrogens (tertiary/aromatic N) is 2. The maximum Gasteiger partial charge on any atom is 0.253 e. The Morgan fingerprint density at radius 2 is 2.29 bits per heavy atom. The smallest absolute Gasteiger partial charge is 0.253 e. The zero-order chi connectivity index (χ0) is 15.2. The molecule has 1 amide bonds. The molecule has 5 heteroatoms. The van der Waals surface area contributed by atoms with Gasteiger partial charge in [0.2, 0.25) is 0 Å². The standard InChI is InChI=1S/C16H23ClN2O2/c1-3-6-13-9-12(10-15(17)18-13)16(20)19(2)11-14-7-4-5-8-21-14/h9-10,14H,3-8,11H2,1-2H3. The predicted octanol–water partition coefficient (Wildman–Crippen LogP) is 3.33. The zero-order valence-corrected chi connectivity index (χ0v) is 13.5. The van der Waals surface area contributed by atoms with Gasteiger partial charge in [-0.3, -0.25) is 4.79 Å². The van der Waals surface area contributed by atoms with Crippen molar-refractivity contribution in [3.05, 3.63) is 28.5 Å². The highest BCUT2D eigenvalue weighted by molar-refractivity contribution is 6.29. The van der Waals surface area contributed by atoms with Gasteiger partial charge in [0.15, 0.2) is 0 Å². The van der Waals surface area contributed by atoms with E-state index in [2.05, 4.69) is 11.9 Å². The van der Waals surface area contributed by atoms with Gasteiger partial charge < -0.3 is 9.64 Å². The van der Waals surface area contributed by atoms with Crippen LogP contribution in [0, 0.1) is 0 Å². The van der Waals surface area contributed by atoms with Gasteiger partial charge in [-0.05, 0) is 37.8 Å². The molecular weight excluding hydrogens is 288 g/mol. The summed E-state index contributed by atoms with van der Waals surface area (Å²) in [6.45, 7) is 3.51. The van der Waals surface area contributed by atoms with E-state index in [-0.39, 0.29) is 12.0 Å². The first-order valence-electron chi connectivity index (χ1n) is 7.63. The molecule has 2 rings (SSSR count). The monoisotopic (exact) mass is 310 g/mol. The number of likely N-dealkylation sites (N-methyl/N-ethyl adjacent to an activating group) is 1. The van der Waals surface area contributed by atoms with Crippen molar-refractivity contribution in [2.24, 2.45) is 0 Å². The molecule has 1 unspecified atom stereocenters. The summed E-state index contributed by atoms with van der Waals surface area (Å²) in [6, 6.07) is 3.48. The van der Waals surface area contributed by atoms with Crippen LogP contribution in [0.15, 0.2) is 12.1 Å². The quantitative estimate of drug-likeness (QED) is 0.783. The Balaban J connectivity index is 2.03. The number of aromatic nitrogens is 1. The molecule has 0 aromatic carbocycles. The minimum atomic E-state index is -0.0224. The maximum absolute atomic E-state index is 12.5. The van der Waals surface area contributed by atoms with Gasteiger partial charge in [0.25, 0.3) is 5.91 Å². The second-order valence-corrected chi connectivity index (χ2v) is 5.98. The summed E-state index contributed by atoms with van der Waals surface area (Å²) in [7, 11) is 1.81. The highest BCUT2D eigenvalue weighted by Gasteiger charge is 2.20. The molecule has 0 N–H and O–H groups in total. The van der Waals surface area contributed by atoms with E-state index in [9.17, 15) is 4.79 Å². The summed E-state index contributed by atoms with van der Waals surface area (Å²) in [4.78, 5) is 18.5. The summed E-state index contributed by atoms with van der Waals surface area (Å²) < 4.78 is 5.69. The molecule has 4 nitrogen and oxygen atoms in total. The highest BCUT2D eigenvalue weighted by Crippen LogP contribution is 2.17. The van der Waals surface area contributed by atoms with E-state index in [0.29, 0.717) is 17.3 Å². The number of rotatable bonds is 5. The molecule has 0 spiro atoms. The fourth-order valence-electron chi connectivity index (χ4n) is 2.62. The highest BCUT2D eigenvalue weighted by atomic mass is 35.5. The van der Waals surface area contributed by atoms with Gasteiger partial charge in [0.1, 0.15) is 5.15 Å². The Bertz CT molecular complexity index is 487. The first-order valence-corrected chi connectivity index (χ1v) is 8.01. The van der Waals surface area contributed by atoms with Gasteiger partial charge >= 0.3 is 0 Å². The number of hydrogen-bond acceptors (Lipinski definition) is 3. The number of hydrogen-bond donors (Lipinski definition) is 0. The SMILES string of the molecule is CCCc1cc(C(=O)N(C)CC2CCCCO2)cc(Cl)n1. The van der Waals surface area contributed by atoms with Crippen molar-refractivity contribution in [2.45, 2.75) is 45.1 Å². The number of amides is 1. The molecule has 2 heterocycles. The lowest BCUT2D eigenvalue weighted by Gasteiger charge is -2.27. The Hall–Kier alpha value is -1.13. The van der Waals surface area contributed by atoms with Crippen LogP contribution >= 0.6 is 11.6 Å². The molecule has 0 radical (unpaired) electrons. The normalized spacial score (nSPS) is 18.5. The van der Waals surface area contributed by atoms with E-state index in [0.717, 1.165) is 38.0 Å². The van der Waals surface area contributed by atoms with Crippen LogP contribution in [0.3, 0.4) is 0 Å². The number of halogens is 1. The second kappa shape index (κ2) is 7.76. The average molecular weight is 311 g/mol. The molecule has 116 valence electrons. The van der Waals surface area contributed by atoms with Crippen molar-refractivity contribution in [3.63, 3.8) is 0 Å². The van der Waals surface area contributed by atoms with Crippen molar-refractivity contribution in [3.8, 4) is 0 Å². The molecule has 1 aliphatic rings. The van der Waals surface area contributed by atoms with Crippen molar-refractivity contribution >= 4 is 17.5 Å². The van der Waals surface area contributed by atoms with Gasteiger partial charge in [0.05, 0.1) is 6.10 Å². The molecule has 1 fully saturated rings. The lowest BCUT2D eigenvalue weighted by molar-refractivity contribution is -0.000190. The molecule has 0 bridgehead atoms. The second-order valence-electron chi connectivity index (χ2n) is 5.59. The van der Waals surface area contributed by atoms with Crippen molar-refractivity contribution in [2.75, 3.05) is 20.2 Å². The van der Waals surface area contributed by atoms with Crippen LogP contribution < -0.4 is 0 Å². The Morgan fingerprint density at radius 3 is 2.95 bits per heavy atom. The minimum Gasteiger partial charge on any atom is -0.376 e. The number of pyridine rings is 1. The molecule has 1 aliphatic heterocycles. The molecule has 1 atom stereocenters. The van der Waals surface area contributed by atoms with Crippen molar-refractivity contribution < 1.29 is 9.53 Å². The van der Waals surface area contributed by atoms with Gasteiger partial charge in [-0.25, -0.2) is 4.98 Å². The van der Waals surface area contributed by atoms with Crippen LogP contribution in [0.5, 0.6) is 0 Å². The molecule has 21 heavy (non-hydrogen) atoms. The van der Waals surface area contributed by atoms with E-state index in [1.807, 2.05) is 13.1 Å². The maximum atomic E-state index is 12.5. The van der Waals surface area contributed by atoms with E-state index >= 15 is 0 Å². The van der Waals surface area contributed by atoms with E-state index in [4.69, 9.17) is 16.3 Å². The van der Waals surface area contributed by atoms with Crippen molar-refractivity contribution in [1.29, 1.82) is 0 Å². The van der Waals surface area contributed by atoms with Gasteiger partial charge in [-0.15, -0.1) is 0 Å². The summed E-state index contributed by atoms with van der Waals surface area (Å²) in [5.41, 5.74) is 1.48. The number of aryl methyl sites for hydroxylation is 1. The lowest BCUT2D eigenvalue weighted by Crippen LogP contribution is -2.37. The summed E-state index contributed by atoms with van der Waals surface area (Å²) in [5, 5.41) is 0.381. The van der Waals surface area contributed by atoms with Crippen LogP contribution in [0.25, 0.3) is 0 Å². The van der Waals surface area contributed by atoms with Crippen LogP contribution in [-0.2, 0) is 11.2 Å². The molecular formula is C16H23ClN2O2. The molecule has 0 saturated carbocycles. The number of ether oxygens (including phenoxy) is 1. The van der Waals surface area contributed by atoms with E-state index in [1.54, 1.807) is 11.0 Å². The predicted molar refractivity (Wildman–Crippen MR) is 83.8 cm³/mol. The molecule has 1 saturated heterocycles. The Labute approximate surface area is 131 Å². The first-order chi connectivity index (χ1) is 10.1. The van der Waals surface area contributed by atoms with Crippen LogP contribution in [-0.4, -0.2) is 42.1 Å². The third-order valence-corrected chi connectivity index (χ3v) is 3.89. The lowest BCUT2D eigenvalue weighted by atomic mass is 10.1. The third-order valence-electron chi connectivity index (χ3n) is 3.70. The average Bonchev–Trinajstić information content (AvgIpc) is 2.47. The van der Waals surface area contributed by atoms with Crippen LogP contribution in [0.2, 0.25) is 5.15 Å². The summed E-state index contributed by atoms with van der Waals surface area (Å²) in [6.07, 6.45) is 5.28. The Kier molecular flexibility index (Phi) is 6.00. The first kappa shape index (κ1) is 16.2. The van der Waals surface area contributed by atoms with Gasteiger partial charge in [0, 0.05) is 31.5 Å². The largest absolute Gasteiger partial charge is 0.376 e. The fourth-order valence-corrected chi connectivity index (χ4v) is 2.85. The topological polar surface area (TPSA) is 42.4 Å². The zero-order valence-electron chi connectivity index (χ0n) is 12.8. The number of carbonyl (C=O) groups excluding carboxylic acids is 1. The minimum absolute atomic E-state index is 0.0224. The molecule has 0 aliphatic carbocycles. The summed E-state index contributed by atoms with van der Waals surface area (Å²) >= 11 is 6.02. The summed E-state index contributed by atoms with van der Waals surface area (Å²) in [5.74, 6) is -0.0224. The fraction of sp³-hybridized carbons (Fsp3) is 0.625. The van der Waals surface area contributed by atoms with Gasteiger partial charge in [-0.2, -0.15) is 0 Å². The number of carbonyl (C=O) groups is 1. The van der Waals surface area contributed by atoms with E-state index < -0.39 is 0 Å². The molecule has 1 aromatic heterocycles. The van der Waals surface area contributed by atoms with Crippen LogP contribution in [0.1, 0.15) is 48.7 Å². The Morgan fingerprint density at radius 1 is 1.48 bits per heavy atom. The van der Waals surface area contributed by atoms with Crippen LogP contribution in [0.4, 0.5) is 0 Å². The van der Waals surface area contributed by atoms with Gasteiger partial charge in [-0.1, -0.05) is 24.9 Å².